The van der Waals surface area contributed by atoms with Gasteiger partial charge in [-0.25, -0.2) is 5.43 Å². The predicted octanol–water partition coefficient (Wildman–Crippen LogP) is 3.04. The second-order valence-electron chi connectivity index (χ2n) is 5.11. The number of carbonyl (C=O) groups is 1. The van der Waals surface area contributed by atoms with Gasteiger partial charge in [0.15, 0.2) is 0 Å². The van der Waals surface area contributed by atoms with Gasteiger partial charge in [-0.05, 0) is 11.1 Å². The maximum Gasteiger partial charge on any atom is 0.269 e. The Kier molecular flexibility index (Phi) is 5.57. The second kappa shape index (κ2) is 7.84. The number of hydrogen-bond donors (Lipinski definition) is 1. The van der Waals surface area contributed by atoms with Crippen molar-refractivity contribution >= 4 is 17.8 Å². The number of nitrogens with one attached hydrogen (secondary N) is 1. The molecule has 0 radical (unpaired) electrons. The highest BCUT2D eigenvalue weighted by Gasteiger charge is 2.07. The van der Waals surface area contributed by atoms with Crippen LogP contribution in [0.5, 0.6) is 0 Å². The van der Waals surface area contributed by atoms with Crippen LogP contribution in [0.4, 0.5) is 5.69 Å². The Hall–Kier alpha value is -3.02. The number of non-ortho nitro benzene ring substituents is 1. The van der Waals surface area contributed by atoms with Gasteiger partial charge < -0.3 is 0 Å². The molecule has 2 rings (SSSR count). The zero-order chi connectivity index (χ0) is 16.7. The third kappa shape index (κ3) is 5.03. The Balaban J connectivity index is 1.85. The monoisotopic (exact) mass is 311 g/mol. The highest BCUT2D eigenvalue weighted by molar-refractivity contribution is 5.79. The molecule has 1 unspecified atom stereocenters. The maximum absolute atomic E-state index is 11.8. The number of nitrogens with zero attached hydrogens (tertiary/aromatic N) is 2. The molecule has 0 aliphatic heterocycles. The first-order chi connectivity index (χ1) is 11.1. The fourth-order valence-electron chi connectivity index (χ4n) is 2.02. The van der Waals surface area contributed by atoms with Crippen molar-refractivity contribution < 1.29 is 9.72 Å². The van der Waals surface area contributed by atoms with E-state index in [1.165, 1.54) is 12.1 Å². The van der Waals surface area contributed by atoms with Crippen LogP contribution in [0.2, 0.25) is 0 Å². The normalized spacial score (nSPS) is 12.0. The number of hydrazone groups is 1. The topological polar surface area (TPSA) is 84.6 Å². The van der Waals surface area contributed by atoms with E-state index in [-0.39, 0.29) is 23.9 Å². The molecule has 2 aromatic carbocycles. The van der Waals surface area contributed by atoms with Crippen LogP contribution in [0.1, 0.15) is 24.0 Å². The summed E-state index contributed by atoms with van der Waals surface area (Å²) in [6, 6.07) is 15.7. The van der Waals surface area contributed by atoms with E-state index in [0.717, 1.165) is 5.56 Å². The van der Waals surface area contributed by atoms with E-state index >= 15 is 0 Å². The molecule has 0 saturated heterocycles. The first-order valence-electron chi connectivity index (χ1n) is 7.16. The lowest BCUT2D eigenvalue weighted by molar-refractivity contribution is -0.384. The fourth-order valence-corrected chi connectivity index (χ4v) is 2.02. The maximum atomic E-state index is 11.8. The molecular weight excluding hydrogens is 294 g/mol. The molecule has 0 fully saturated rings. The summed E-state index contributed by atoms with van der Waals surface area (Å²) >= 11 is 0. The number of hydrogen-bond acceptors (Lipinski definition) is 4. The van der Waals surface area contributed by atoms with Crippen molar-refractivity contribution in [1.82, 2.24) is 5.43 Å². The molecule has 0 spiro atoms. The van der Waals surface area contributed by atoms with Gasteiger partial charge >= 0.3 is 0 Å². The Bertz CT molecular complexity index is 697. The summed E-state index contributed by atoms with van der Waals surface area (Å²) in [5, 5.41) is 14.5. The molecule has 2 aromatic rings. The van der Waals surface area contributed by atoms with Gasteiger partial charge in [0.1, 0.15) is 0 Å². The van der Waals surface area contributed by atoms with Crippen LogP contribution in [0, 0.1) is 10.1 Å². The van der Waals surface area contributed by atoms with Crippen molar-refractivity contribution in [1.29, 1.82) is 0 Å². The van der Waals surface area contributed by atoms with E-state index < -0.39 is 4.92 Å². The summed E-state index contributed by atoms with van der Waals surface area (Å²) in [4.78, 5) is 21.9. The van der Waals surface area contributed by atoms with Gasteiger partial charge in [-0.15, -0.1) is 0 Å². The number of nitro groups is 1. The van der Waals surface area contributed by atoms with E-state index in [9.17, 15) is 14.9 Å². The van der Waals surface area contributed by atoms with Crippen molar-refractivity contribution in [3.8, 4) is 0 Å². The van der Waals surface area contributed by atoms with Crippen LogP contribution in [0.15, 0.2) is 59.7 Å². The van der Waals surface area contributed by atoms with E-state index in [1.807, 2.05) is 37.3 Å². The lowest BCUT2D eigenvalue weighted by Crippen LogP contribution is -2.20. The predicted molar refractivity (Wildman–Crippen MR) is 88.3 cm³/mol. The van der Waals surface area contributed by atoms with Crippen molar-refractivity contribution in [2.24, 2.45) is 5.10 Å². The average Bonchev–Trinajstić information content (AvgIpc) is 2.56. The number of rotatable bonds is 6. The van der Waals surface area contributed by atoms with Crippen molar-refractivity contribution in [2.75, 3.05) is 0 Å². The van der Waals surface area contributed by atoms with Crippen LogP contribution in [-0.2, 0) is 11.2 Å². The number of benzene rings is 2. The molecule has 0 aliphatic rings. The molecule has 1 atom stereocenters. The van der Waals surface area contributed by atoms with Gasteiger partial charge in [-0.3, -0.25) is 14.9 Å². The van der Waals surface area contributed by atoms with Crippen molar-refractivity contribution in [3.63, 3.8) is 0 Å². The highest BCUT2D eigenvalue weighted by Crippen LogP contribution is 2.13. The zero-order valence-corrected chi connectivity index (χ0v) is 12.7. The van der Waals surface area contributed by atoms with Crippen molar-refractivity contribution in [3.05, 3.63) is 75.8 Å². The summed E-state index contributed by atoms with van der Waals surface area (Å²) in [7, 11) is 0. The number of nitro benzene ring substituents is 1. The zero-order valence-electron chi connectivity index (χ0n) is 12.7. The van der Waals surface area contributed by atoms with Crippen molar-refractivity contribution in [2.45, 2.75) is 19.3 Å². The standard InChI is InChI=1S/C17H17N3O3/c1-13(15-5-3-2-4-6-15)12-18-19-17(21)11-14-7-9-16(10-8-14)20(22)23/h2-10,12-13H,11H2,1H3,(H,19,21). The average molecular weight is 311 g/mol. The lowest BCUT2D eigenvalue weighted by atomic mass is 10.0. The molecule has 23 heavy (non-hydrogen) atoms. The Morgan fingerprint density at radius 3 is 2.48 bits per heavy atom. The largest absolute Gasteiger partial charge is 0.273 e. The fraction of sp³-hybridized carbons (Fsp3) is 0.176. The molecule has 118 valence electrons. The third-order valence-electron chi connectivity index (χ3n) is 3.32. The smallest absolute Gasteiger partial charge is 0.269 e. The summed E-state index contributed by atoms with van der Waals surface area (Å²) in [5.41, 5.74) is 4.28. The van der Waals surface area contributed by atoms with Gasteiger partial charge in [-0.1, -0.05) is 49.4 Å². The first kappa shape index (κ1) is 16.4. The SMILES string of the molecule is CC(C=NNC(=O)Cc1ccc([N+](=O)[O-])cc1)c1ccccc1. The highest BCUT2D eigenvalue weighted by atomic mass is 16.6. The quantitative estimate of drug-likeness (QED) is 0.505. The van der Waals surface area contributed by atoms with Crippen LogP contribution < -0.4 is 5.43 Å². The minimum absolute atomic E-state index is 0.00358. The van der Waals surface area contributed by atoms with Gasteiger partial charge in [0.2, 0.25) is 5.91 Å². The van der Waals surface area contributed by atoms with Crippen LogP contribution in [0.3, 0.4) is 0 Å². The van der Waals surface area contributed by atoms with Gasteiger partial charge in [0, 0.05) is 24.3 Å². The van der Waals surface area contributed by atoms with Crippen LogP contribution in [-0.4, -0.2) is 17.0 Å². The summed E-state index contributed by atoms with van der Waals surface area (Å²) in [5.74, 6) is -0.175. The minimum Gasteiger partial charge on any atom is -0.273 e. The molecule has 0 aromatic heterocycles. The summed E-state index contributed by atoms with van der Waals surface area (Å²) in [6.07, 6.45) is 1.79. The number of carbonyl (C=O) groups excluding carboxylic acids is 1. The molecular formula is C17H17N3O3. The molecule has 6 nitrogen and oxygen atoms in total. The lowest BCUT2D eigenvalue weighted by Gasteiger charge is -2.05. The molecule has 1 N–H and O–H groups in total. The Labute approximate surface area is 134 Å². The second-order valence-corrected chi connectivity index (χ2v) is 5.11. The Morgan fingerprint density at radius 1 is 1.22 bits per heavy atom. The molecule has 6 heteroatoms. The molecule has 0 saturated carbocycles. The first-order valence-corrected chi connectivity index (χ1v) is 7.16. The van der Waals surface area contributed by atoms with Crippen LogP contribution >= 0.6 is 0 Å². The summed E-state index contributed by atoms with van der Waals surface area (Å²) in [6.45, 7) is 1.99. The van der Waals surface area contributed by atoms with Gasteiger partial charge in [-0.2, -0.15) is 5.10 Å². The molecule has 1 amide bonds. The molecule has 0 bridgehead atoms. The van der Waals surface area contributed by atoms with Gasteiger partial charge in [0.25, 0.3) is 5.69 Å². The number of amides is 1. The minimum atomic E-state index is -0.473. The van der Waals surface area contributed by atoms with Gasteiger partial charge in [0.05, 0.1) is 11.3 Å². The van der Waals surface area contributed by atoms with E-state index in [0.29, 0.717) is 5.56 Å². The van der Waals surface area contributed by atoms with E-state index in [2.05, 4.69) is 10.5 Å². The Morgan fingerprint density at radius 2 is 1.87 bits per heavy atom. The third-order valence-corrected chi connectivity index (χ3v) is 3.32. The molecule has 0 aliphatic carbocycles. The van der Waals surface area contributed by atoms with E-state index in [4.69, 9.17) is 0 Å². The molecule has 0 heterocycles. The van der Waals surface area contributed by atoms with Crippen LogP contribution in [0.25, 0.3) is 0 Å². The van der Waals surface area contributed by atoms with E-state index in [1.54, 1.807) is 18.3 Å². The summed E-state index contributed by atoms with van der Waals surface area (Å²) < 4.78 is 0.